The molecule has 1 atom stereocenters. The molecule has 2 aromatic carbocycles. The van der Waals surface area contributed by atoms with Crippen molar-refractivity contribution in [2.75, 3.05) is 7.11 Å². The highest BCUT2D eigenvalue weighted by atomic mass is 16.5. The van der Waals surface area contributed by atoms with E-state index in [1.807, 2.05) is 36.4 Å². The Morgan fingerprint density at radius 2 is 2.04 bits per heavy atom. The summed E-state index contributed by atoms with van der Waals surface area (Å²) < 4.78 is 7.67. The highest BCUT2D eigenvalue weighted by molar-refractivity contribution is 5.92. The molecule has 0 radical (unpaired) electrons. The summed E-state index contributed by atoms with van der Waals surface area (Å²) in [5.41, 5.74) is 4.44. The molecule has 0 bridgehead atoms. The molecule has 4 nitrogen and oxygen atoms in total. The minimum atomic E-state index is -0.734. The lowest BCUT2D eigenvalue weighted by Gasteiger charge is -2.21. The fourth-order valence-corrected chi connectivity index (χ4v) is 4.01. The van der Waals surface area contributed by atoms with E-state index in [-0.39, 0.29) is 0 Å². The number of hydrogen-bond acceptors (Lipinski definition) is 2. The number of hydrogen-bond donors (Lipinski definition) is 1. The standard InChI is InChI=1S/C21H21NO3/c1-25-15-10-11-18-17(12-15)20-16(21(23)24)8-5-9-19(20)22(18)13-14-6-3-2-4-7-14/h2-4,6-7,10-12,16H,5,8-9,13H2,1H3,(H,23,24)/t16-/m1/s1. The summed E-state index contributed by atoms with van der Waals surface area (Å²) in [6.07, 6.45) is 2.53. The van der Waals surface area contributed by atoms with Gasteiger partial charge in [-0.2, -0.15) is 0 Å². The van der Waals surface area contributed by atoms with Crippen molar-refractivity contribution in [2.45, 2.75) is 31.7 Å². The van der Waals surface area contributed by atoms with Gasteiger partial charge in [0.2, 0.25) is 0 Å². The average Bonchev–Trinajstić information content (AvgIpc) is 2.95. The molecule has 1 heterocycles. The van der Waals surface area contributed by atoms with Crippen LogP contribution < -0.4 is 4.74 Å². The second-order valence-corrected chi connectivity index (χ2v) is 6.60. The van der Waals surface area contributed by atoms with Crippen LogP contribution in [-0.4, -0.2) is 22.8 Å². The topological polar surface area (TPSA) is 51.5 Å². The first-order valence-electron chi connectivity index (χ1n) is 8.64. The molecule has 0 saturated carbocycles. The Morgan fingerprint density at radius 3 is 2.76 bits per heavy atom. The van der Waals surface area contributed by atoms with Gasteiger partial charge in [0.25, 0.3) is 0 Å². The maximum absolute atomic E-state index is 11.8. The number of carboxylic acid groups (broad SMARTS) is 1. The molecule has 4 heteroatoms. The number of rotatable bonds is 4. The summed E-state index contributed by atoms with van der Waals surface area (Å²) >= 11 is 0. The monoisotopic (exact) mass is 335 g/mol. The maximum atomic E-state index is 11.8. The van der Waals surface area contributed by atoms with Crippen molar-refractivity contribution in [3.05, 3.63) is 65.4 Å². The Balaban J connectivity index is 1.95. The van der Waals surface area contributed by atoms with Crippen LogP contribution in [0.5, 0.6) is 5.75 Å². The summed E-state index contributed by atoms with van der Waals surface area (Å²) in [4.78, 5) is 11.8. The number of aromatic nitrogens is 1. The molecular weight excluding hydrogens is 314 g/mol. The van der Waals surface area contributed by atoms with Crippen LogP contribution in [0.2, 0.25) is 0 Å². The summed E-state index contributed by atoms with van der Waals surface area (Å²) in [6.45, 7) is 0.755. The molecule has 0 spiro atoms. The van der Waals surface area contributed by atoms with Gasteiger partial charge < -0.3 is 14.4 Å². The predicted octanol–water partition coefficient (Wildman–Crippen LogP) is 4.20. The lowest BCUT2D eigenvalue weighted by molar-refractivity contribution is -0.139. The number of carbonyl (C=O) groups is 1. The number of carboxylic acids is 1. The number of benzene rings is 2. The zero-order chi connectivity index (χ0) is 17.4. The van der Waals surface area contributed by atoms with E-state index >= 15 is 0 Å². The molecule has 0 aliphatic heterocycles. The van der Waals surface area contributed by atoms with E-state index in [0.29, 0.717) is 6.42 Å². The molecule has 1 N–H and O–H groups in total. The fourth-order valence-electron chi connectivity index (χ4n) is 4.01. The first-order valence-corrected chi connectivity index (χ1v) is 8.64. The van der Waals surface area contributed by atoms with Crippen molar-refractivity contribution in [1.82, 2.24) is 4.57 Å². The maximum Gasteiger partial charge on any atom is 0.311 e. The van der Waals surface area contributed by atoms with Crippen LogP contribution in [0.1, 0.15) is 35.6 Å². The van der Waals surface area contributed by atoms with Crippen molar-refractivity contribution in [2.24, 2.45) is 0 Å². The van der Waals surface area contributed by atoms with Crippen molar-refractivity contribution in [1.29, 1.82) is 0 Å². The Labute approximate surface area is 146 Å². The summed E-state index contributed by atoms with van der Waals surface area (Å²) in [5.74, 6) is -0.403. The average molecular weight is 335 g/mol. The molecule has 1 aromatic heterocycles. The highest BCUT2D eigenvalue weighted by Crippen LogP contribution is 2.40. The van der Waals surface area contributed by atoms with Crippen LogP contribution in [0, 0.1) is 0 Å². The van der Waals surface area contributed by atoms with E-state index in [9.17, 15) is 9.90 Å². The molecule has 1 aliphatic carbocycles. The minimum Gasteiger partial charge on any atom is -0.497 e. The smallest absolute Gasteiger partial charge is 0.311 e. The molecule has 25 heavy (non-hydrogen) atoms. The second kappa shape index (κ2) is 6.28. The van der Waals surface area contributed by atoms with Crippen molar-refractivity contribution in [3.8, 4) is 5.75 Å². The number of aliphatic carboxylic acids is 1. The Morgan fingerprint density at radius 1 is 1.24 bits per heavy atom. The molecule has 0 amide bonds. The number of ether oxygens (including phenoxy) is 1. The third-order valence-corrected chi connectivity index (χ3v) is 5.16. The number of methoxy groups -OCH3 is 1. The largest absolute Gasteiger partial charge is 0.497 e. The molecular formula is C21H21NO3. The van der Waals surface area contributed by atoms with Gasteiger partial charge in [-0.1, -0.05) is 30.3 Å². The van der Waals surface area contributed by atoms with Crippen LogP contribution in [-0.2, 0) is 17.8 Å². The fraction of sp³-hybridized carbons (Fsp3) is 0.286. The van der Waals surface area contributed by atoms with Gasteiger partial charge in [-0.15, -0.1) is 0 Å². The molecule has 1 aliphatic rings. The lowest BCUT2D eigenvalue weighted by atomic mass is 9.85. The van der Waals surface area contributed by atoms with Gasteiger partial charge in [0, 0.05) is 23.1 Å². The normalized spacial score (nSPS) is 16.6. The zero-order valence-electron chi connectivity index (χ0n) is 14.2. The second-order valence-electron chi connectivity index (χ2n) is 6.60. The molecule has 0 unspecified atom stereocenters. The first kappa shape index (κ1) is 15.8. The Bertz CT molecular complexity index is 927. The third-order valence-electron chi connectivity index (χ3n) is 5.16. The van der Waals surface area contributed by atoms with Crippen LogP contribution in [0.3, 0.4) is 0 Å². The van der Waals surface area contributed by atoms with Crippen LogP contribution in [0.15, 0.2) is 48.5 Å². The van der Waals surface area contributed by atoms with Gasteiger partial charge in [0.05, 0.1) is 13.0 Å². The van der Waals surface area contributed by atoms with Crippen molar-refractivity contribution >= 4 is 16.9 Å². The van der Waals surface area contributed by atoms with E-state index in [0.717, 1.165) is 47.3 Å². The number of nitrogens with zero attached hydrogens (tertiary/aromatic N) is 1. The van der Waals surface area contributed by atoms with E-state index in [1.165, 1.54) is 5.56 Å². The van der Waals surface area contributed by atoms with Gasteiger partial charge in [-0.3, -0.25) is 4.79 Å². The first-order chi connectivity index (χ1) is 12.2. The third kappa shape index (κ3) is 2.68. The van der Waals surface area contributed by atoms with Crippen molar-refractivity contribution in [3.63, 3.8) is 0 Å². The quantitative estimate of drug-likeness (QED) is 0.777. The Kier molecular flexibility index (Phi) is 3.96. The van der Waals surface area contributed by atoms with E-state index in [4.69, 9.17) is 4.74 Å². The van der Waals surface area contributed by atoms with Gasteiger partial charge in [0.1, 0.15) is 5.75 Å². The molecule has 3 aromatic rings. The summed E-state index contributed by atoms with van der Waals surface area (Å²) in [5, 5.41) is 10.7. The summed E-state index contributed by atoms with van der Waals surface area (Å²) in [7, 11) is 1.64. The lowest BCUT2D eigenvalue weighted by Crippen LogP contribution is -2.19. The zero-order valence-corrected chi connectivity index (χ0v) is 14.2. The number of fused-ring (bicyclic) bond motifs is 3. The molecule has 0 fully saturated rings. The minimum absolute atomic E-state index is 0.435. The van der Waals surface area contributed by atoms with Crippen molar-refractivity contribution < 1.29 is 14.6 Å². The molecule has 128 valence electrons. The van der Waals surface area contributed by atoms with E-state index in [2.05, 4.69) is 16.7 Å². The van der Waals surface area contributed by atoms with E-state index < -0.39 is 11.9 Å². The summed E-state index contributed by atoms with van der Waals surface area (Å²) in [6, 6.07) is 16.3. The van der Waals surface area contributed by atoms with Crippen LogP contribution in [0.4, 0.5) is 0 Å². The van der Waals surface area contributed by atoms with Gasteiger partial charge in [0.15, 0.2) is 0 Å². The molecule has 4 rings (SSSR count). The van der Waals surface area contributed by atoms with Gasteiger partial charge >= 0.3 is 5.97 Å². The molecule has 0 saturated heterocycles. The van der Waals surface area contributed by atoms with Gasteiger partial charge in [-0.05, 0) is 48.6 Å². The Hall–Kier alpha value is -2.75. The highest BCUT2D eigenvalue weighted by Gasteiger charge is 2.32. The van der Waals surface area contributed by atoms with Gasteiger partial charge in [-0.25, -0.2) is 0 Å². The predicted molar refractivity (Wildman–Crippen MR) is 97.3 cm³/mol. The van der Waals surface area contributed by atoms with Crippen LogP contribution in [0.25, 0.3) is 10.9 Å². The van der Waals surface area contributed by atoms with Crippen LogP contribution >= 0.6 is 0 Å². The SMILES string of the molecule is COc1ccc2c(c1)c1c(n2Cc2ccccc2)CCC[C@H]1C(=O)O. The van der Waals surface area contributed by atoms with E-state index in [1.54, 1.807) is 7.11 Å².